The zero-order valence-corrected chi connectivity index (χ0v) is 11.3. The number of carbonyl (C=O) groups excluding carboxylic acids is 1. The molecule has 0 atom stereocenters. The molecule has 0 aliphatic heterocycles. The van der Waals surface area contributed by atoms with Crippen molar-refractivity contribution >= 4 is 17.2 Å². The molecule has 0 saturated heterocycles. The minimum Gasteiger partial charge on any atom is -0.356 e. The highest BCUT2D eigenvalue weighted by Crippen LogP contribution is 2.09. The fourth-order valence-electron chi connectivity index (χ4n) is 1.73. The molecule has 0 unspecified atom stereocenters. The molecule has 0 radical (unpaired) electrons. The van der Waals surface area contributed by atoms with Crippen LogP contribution in [0, 0.1) is 5.82 Å². The van der Waals surface area contributed by atoms with E-state index in [9.17, 15) is 9.18 Å². The number of amides is 1. The molecule has 0 aliphatic rings. The van der Waals surface area contributed by atoms with E-state index >= 15 is 0 Å². The van der Waals surface area contributed by atoms with Gasteiger partial charge in [-0.3, -0.25) is 9.78 Å². The average Bonchev–Trinajstić information content (AvgIpc) is 2.91. The van der Waals surface area contributed by atoms with Crippen molar-refractivity contribution < 1.29 is 9.18 Å². The standard InChI is InChI=1S/C14H15FN2OS/c15-13-4-2-1-3-11(13)5-6-14(18)17-8-7-12-9-16-10-19-12/h1-4,9-10H,5-8H2,(H,17,18). The minimum absolute atomic E-state index is 0.0484. The molecule has 100 valence electrons. The van der Waals surface area contributed by atoms with Crippen LogP contribution in [0.15, 0.2) is 36.0 Å². The molecule has 19 heavy (non-hydrogen) atoms. The fraction of sp³-hybridized carbons (Fsp3) is 0.286. The lowest BCUT2D eigenvalue weighted by molar-refractivity contribution is -0.121. The van der Waals surface area contributed by atoms with Crippen LogP contribution in [0.25, 0.3) is 0 Å². The molecule has 0 spiro atoms. The van der Waals surface area contributed by atoms with Crippen LogP contribution < -0.4 is 5.32 Å². The van der Waals surface area contributed by atoms with Gasteiger partial charge in [-0.1, -0.05) is 18.2 Å². The maximum Gasteiger partial charge on any atom is 0.220 e. The predicted molar refractivity (Wildman–Crippen MR) is 73.5 cm³/mol. The summed E-state index contributed by atoms with van der Waals surface area (Å²) in [4.78, 5) is 16.7. The van der Waals surface area contributed by atoms with Crippen LogP contribution in [0.2, 0.25) is 0 Å². The molecule has 0 aliphatic carbocycles. The maximum absolute atomic E-state index is 13.3. The van der Waals surface area contributed by atoms with Crippen molar-refractivity contribution in [2.75, 3.05) is 6.54 Å². The van der Waals surface area contributed by atoms with E-state index in [0.717, 1.165) is 11.3 Å². The number of nitrogens with one attached hydrogen (secondary N) is 1. The first-order valence-corrected chi connectivity index (χ1v) is 7.01. The molecular weight excluding hydrogens is 263 g/mol. The number of rotatable bonds is 6. The second-order valence-corrected chi connectivity index (χ2v) is 5.13. The molecule has 5 heteroatoms. The molecule has 2 aromatic rings. The van der Waals surface area contributed by atoms with Gasteiger partial charge in [-0.2, -0.15) is 0 Å². The van der Waals surface area contributed by atoms with E-state index < -0.39 is 0 Å². The van der Waals surface area contributed by atoms with Gasteiger partial charge < -0.3 is 5.32 Å². The van der Waals surface area contributed by atoms with Gasteiger partial charge in [-0.15, -0.1) is 11.3 Å². The summed E-state index contributed by atoms with van der Waals surface area (Å²) in [6, 6.07) is 6.55. The lowest BCUT2D eigenvalue weighted by Gasteiger charge is -2.05. The maximum atomic E-state index is 13.3. The number of thiazole rings is 1. The number of nitrogens with zero attached hydrogens (tertiary/aromatic N) is 1. The van der Waals surface area contributed by atoms with Crippen molar-refractivity contribution in [3.8, 4) is 0 Å². The van der Waals surface area contributed by atoms with Crippen LogP contribution in [0.5, 0.6) is 0 Å². The lowest BCUT2D eigenvalue weighted by atomic mass is 10.1. The smallest absolute Gasteiger partial charge is 0.220 e. The van der Waals surface area contributed by atoms with E-state index in [2.05, 4.69) is 10.3 Å². The summed E-state index contributed by atoms with van der Waals surface area (Å²) in [5.41, 5.74) is 2.36. The third-order valence-electron chi connectivity index (χ3n) is 2.76. The Kier molecular flexibility index (Phi) is 5.03. The number of hydrogen-bond acceptors (Lipinski definition) is 3. The van der Waals surface area contributed by atoms with Crippen molar-refractivity contribution in [2.45, 2.75) is 19.3 Å². The van der Waals surface area contributed by atoms with Crippen LogP contribution in [0.3, 0.4) is 0 Å². The van der Waals surface area contributed by atoms with Crippen LogP contribution in [-0.4, -0.2) is 17.4 Å². The van der Waals surface area contributed by atoms with Crippen molar-refractivity contribution in [3.05, 3.63) is 52.2 Å². The Morgan fingerprint density at radius 3 is 2.89 bits per heavy atom. The number of carbonyl (C=O) groups is 1. The molecule has 1 N–H and O–H groups in total. The van der Waals surface area contributed by atoms with E-state index in [1.165, 1.54) is 6.07 Å². The van der Waals surface area contributed by atoms with Crippen LogP contribution in [0.4, 0.5) is 4.39 Å². The quantitative estimate of drug-likeness (QED) is 0.882. The molecule has 1 aromatic carbocycles. The number of aryl methyl sites for hydroxylation is 1. The summed E-state index contributed by atoms with van der Waals surface area (Å²) in [6.07, 6.45) is 3.33. The first kappa shape index (κ1) is 13.7. The topological polar surface area (TPSA) is 42.0 Å². The molecule has 1 aromatic heterocycles. The molecule has 0 bridgehead atoms. The average molecular weight is 278 g/mol. The summed E-state index contributed by atoms with van der Waals surface area (Å²) in [7, 11) is 0. The van der Waals surface area contributed by atoms with Crippen LogP contribution in [-0.2, 0) is 17.6 Å². The fourth-order valence-corrected chi connectivity index (χ4v) is 2.33. The lowest BCUT2D eigenvalue weighted by Crippen LogP contribution is -2.25. The Morgan fingerprint density at radius 2 is 2.16 bits per heavy atom. The van der Waals surface area contributed by atoms with E-state index in [1.54, 1.807) is 41.2 Å². The van der Waals surface area contributed by atoms with Gasteiger partial charge in [-0.05, 0) is 18.1 Å². The zero-order chi connectivity index (χ0) is 13.5. The van der Waals surface area contributed by atoms with Crippen molar-refractivity contribution in [2.24, 2.45) is 0 Å². The van der Waals surface area contributed by atoms with Crippen molar-refractivity contribution in [1.29, 1.82) is 0 Å². The Labute approximate surface area is 115 Å². The monoisotopic (exact) mass is 278 g/mol. The van der Waals surface area contributed by atoms with E-state index in [0.29, 0.717) is 24.9 Å². The second-order valence-electron chi connectivity index (χ2n) is 4.16. The summed E-state index contributed by atoms with van der Waals surface area (Å²) >= 11 is 1.57. The number of halogens is 1. The molecule has 0 fully saturated rings. The number of aromatic nitrogens is 1. The van der Waals surface area contributed by atoms with Crippen LogP contribution >= 0.6 is 11.3 Å². The highest BCUT2D eigenvalue weighted by atomic mass is 32.1. The highest BCUT2D eigenvalue weighted by molar-refractivity contribution is 7.09. The summed E-state index contributed by atoms with van der Waals surface area (Å²) in [5, 5.41) is 2.83. The largest absolute Gasteiger partial charge is 0.356 e. The van der Waals surface area contributed by atoms with Gasteiger partial charge in [0.15, 0.2) is 0 Å². The van der Waals surface area contributed by atoms with Gasteiger partial charge in [0, 0.05) is 30.5 Å². The zero-order valence-electron chi connectivity index (χ0n) is 10.4. The molecular formula is C14H15FN2OS. The minimum atomic E-state index is -0.250. The van der Waals surface area contributed by atoms with E-state index in [-0.39, 0.29) is 11.7 Å². The van der Waals surface area contributed by atoms with Crippen molar-refractivity contribution in [3.63, 3.8) is 0 Å². The Bertz CT molecular complexity index is 528. The first-order valence-electron chi connectivity index (χ1n) is 6.13. The van der Waals surface area contributed by atoms with Crippen molar-refractivity contribution in [1.82, 2.24) is 10.3 Å². The highest BCUT2D eigenvalue weighted by Gasteiger charge is 2.05. The second kappa shape index (κ2) is 6.99. The van der Waals surface area contributed by atoms with Crippen LogP contribution in [0.1, 0.15) is 16.9 Å². The Hall–Kier alpha value is -1.75. The van der Waals surface area contributed by atoms with Gasteiger partial charge in [-0.25, -0.2) is 4.39 Å². The third-order valence-corrected chi connectivity index (χ3v) is 3.60. The molecule has 1 amide bonds. The molecule has 2 rings (SSSR count). The first-order chi connectivity index (χ1) is 9.25. The number of hydrogen-bond donors (Lipinski definition) is 1. The SMILES string of the molecule is O=C(CCc1ccccc1F)NCCc1cncs1. The van der Waals surface area contributed by atoms with Gasteiger partial charge in [0.2, 0.25) is 5.91 Å². The Morgan fingerprint density at radius 1 is 1.32 bits per heavy atom. The third kappa shape index (κ3) is 4.44. The van der Waals surface area contributed by atoms with Gasteiger partial charge in [0.05, 0.1) is 5.51 Å². The van der Waals surface area contributed by atoms with Gasteiger partial charge >= 0.3 is 0 Å². The molecule has 3 nitrogen and oxygen atoms in total. The summed E-state index contributed by atoms with van der Waals surface area (Å²) in [6.45, 7) is 0.596. The normalized spacial score (nSPS) is 10.4. The predicted octanol–water partition coefficient (Wildman–Crippen LogP) is 2.57. The van der Waals surface area contributed by atoms with E-state index in [4.69, 9.17) is 0 Å². The van der Waals surface area contributed by atoms with Gasteiger partial charge in [0.25, 0.3) is 0 Å². The Balaban J connectivity index is 1.69. The summed E-state index contributed by atoms with van der Waals surface area (Å²) in [5.74, 6) is -0.298. The molecule has 0 saturated carbocycles. The van der Waals surface area contributed by atoms with E-state index in [1.807, 2.05) is 0 Å². The summed E-state index contributed by atoms with van der Waals surface area (Å²) < 4.78 is 13.3. The van der Waals surface area contributed by atoms with Gasteiger partial charge in [0.1, 0.15) is 5.82 Å². The number of benzene rings is 1. The molecule has 1 heterocycles.